The lowest BCUT2D eigenvalue weighted by atomic mass is 10.2. The number of carboxylic acid groups (broad SMARTS) is 1. The van der Waals surface area contributed by atoms with Crippen molar-refractivity contribution < 1.29 is 32.5 Å². The third-order valence-corrected chi connectivity index (χ3v) is 3.45. The highest BCUT2D eigenvalue weighted by atomic mass is 19.4. The second-order valence-corrected chi connectivity index (χ2v) is 5.40. The fourth-order valence-corrected chi connectivity index (χ4v) is 2.26. The molecule has 2 aromatic carbocycles. The van der Waals surface area contributed by atoms with Crippen LogP contribution in [0.1, 0.15) is 15.9 Å². The SMILES string of the molecule is O=C([O-])c1cn(-c2ccc(OC(F)(F)F)cc2)nc1OCc1ccccc1. The van der Waals surface area contributed by atoms with E-state index in [1.165, 1.54) is 16.8 Å². The summed E-state index contributed by atoms with van der Waals surface area (Å²) in [5.41, 5.74) is 0.855. The maximum absolute atomic E-state index is 12.2. The van der Waals surface area contributed by atoms with Gasteiger partial charge in [-0.2, -0.15) is 0 Å². The molecule has 27 heavy (non-hydrogen) atoms. The average molecular weight is 377 g/mol. The van der Waals surface area contributed by atoms with Crippen LogP contribution in [0.2, 0.25) is 0 Å². The van der Waals surface area contributed by atoms with Gasteiger partial charge in [0.2, 0.25) is 5.88 Å². The van der Waals surface area contributed by atoms with E-state index in [0.717, 1.165) is 23.9 Å². The van der Waals surface area contributed by atoms with Crippen LogP contribution in [-0.2, 0) is 6.61 Å². The molecular formula is C18H12F3N2O4-. The second-order valence-electron chi connectivity index (χ2n) is 5.40. The number of carbonyl (C=O) groups excluding carboxylic acids is 1. The quantitative estimate of drug-likeness (QED) is 0.660. The molecule has 1 heterocycles. The van der Waals surface area contributed by atoms with E-state index in [1.54, 1.807) is 12.1 Å². The molecule has 0 radical (unpaired) electrons. The Balaban J connectivity index is 1.81. The standard InChI is InChI=1S/C18H13F3N2O4/c19-18(20,21)27-14-8-6-13(7-9-14)23-10-15(17(24)25)16(22-23)26-11-12-4-2-1-3-5-12/h1-10H,11H2,(H,24,25)/p-1. The van der Waals surface area contributed by atoms with Crippen molar-refractivity contribution >= 4 is 5.97 Å². The van der Waals surface area contributed by atoms with Crippen molar-refractivity contribution in [1.29, 1.82) is 0 Å². The first-order valence-corrected chi connectivity index (χ1v) is 7.66. The van der Waals surface area contributed by atoms with E-state index >= 15 is 0 Å². The number of aromatic nitrogens is 2. The van der Waals surface area contributed by atoms with Crippen molar-refractivity contribution in [2.24, 2.45) is 0 Å². The molecule has 0 saturated carbocycles. The summed E-state index contributed by atoms with van der Waals surface area (Å²) in [6, 6.07) is 13.8. The normalized spacial score (nSPS) is 11.2. The van der Waals surface area contributed by atoms with E-state index in [9.17, 15) is 23.1 Å². The van der Waals surface area contributed by atoms with Gasteiger partial charge < -0.3 is 19.4 Å². The van der Waals surface area contributed by atoms with Gasteiger partial charge in [0, 0.05) is 6.20 Å². The van der Waals surface area contributed by atoms with Gasteiger partial charge in [-0.25, -0.2) is 4.68 Å². The molecule has 0 atom stereocenters. The summed E-state index contributed by atoms with van der Waals surface area (Å²) >= 11 is 0. The van der Waals surface area contributed by atoms with Crippen LogP contribution in [0.5, 0.6) is 11.6 Å². The Bertz CT molecular complexity index is 922. The molecule has 0 unspecified atom stereocenters. The van der Waals surface area contributed by atoms with Crippen molar-refractivity contribution in [3.8, 4) is 17.3 Å². The number of carbonyl (C=O) groups is 1. The van der Waals surface area contributed by atoms with Crippen LogP contribution in [0.15, 0.2) is 60.8 Å². The molecule has 0 aliphatic rings. The summed E-state index contributed by atoms with van der Waals surface area (Å²) in [5, 5.41) is 15.3. The predicted molar refractivity (Wildman–Crippen MR) is 85.4 cm³/mol. The van der Waals surface area contributed by atoms with E-state index in [2.05, 4.69) is 9.84 Å². The Labute approximate surface area is 151 Å². The van der Waals surface area contributed by atoms with Crippen molar-refractivity contribution in [3.63, 3.8) is 0 Å². The summed E-state index contributed by atoms with van der Waals surface area (Å²) in [5.74, 6) is -2.05. The predicted octanol–water partition coefficient (Wildman–Crippen LogP) is 2.71. The molecule has 0 N–H and O–H groups in total. The first kappa shape index (κ1) is 18.3. The van der Waals surface area contributed by atoms with Crippen LogP contribution >= 0.6 is 0 Å². The van der Waals surface area contributed by atoms with Crippen LogP contribution in [0.4, 0.5) is 13.2 Å². The fraction of sp³-hybridized carbons (Fsp3) is 0.111. The van der Waals surface area contributed by atoms with E-state index in [-0.39, 0.29) is 18.1 Å². The number of aromatic carboxylic acids is 1. The molecule has 0 aliphatic heterocycles. The Morgan fingerprint density at radius 3 is 2.33 bits per heavy atom. The van der Waals surface area contributed by atoms with Gasteiger partial charge in [-0.1, -0.05) is 30.3 Å². The van der Waals surface area contributed by atoms with Crippen LogP contribution < -0.4 is 14.6 Å². The average Bonchev–Trinajstić information content (AvgIpc) is 3.05. The molecule has 3 aromatic rings. The highest BCUT2D eigenvalue weighted by Crippen LogP contribution is 2.25. The van der Waals surface area contributed by atoms with Crippen molar-refractivity contribution in [3.05, 3.63) is 71.9 Å². The third kappa shape index (κ3) is 4.78. The highest BCUT2D eigenvalue weighted by Gasteiger charge is 2.31. The van der Waals surface area contributed by atoms with Gasteiger partial charge in [0.1, 0.15) is 12.4 Å². The zero-order chi connectivity index (χ0) is 19.4. The molecule has 0 spiro atoms. The van der Waals surface area contributed by atoms with Gasteiger partial charge in [0.05, 0.1) is 17.2 Å². The largest absolute Gasteiger partial charge is 0.573 e. The lowest BCUT2D eigenvalue weighted by Gasteiger charge is -2.09. The van der Waals surface area contributed by atoms with Gasteiger partial charge in [0.15, 0.2) is 0 Å². The molecular weight excluding hydrogens is 365 g/mol. The van der Waals surface area contributed by atoms with E-state index in [1.807, 2.05) is 18.2 Å². The van der Waals surface area contributed by atoms with Gasteiger partial charge >= 0.3 is 6.36 Å². The summed E-state index contributed by atoms with van der Waals surface area (Å²) in [4.78, 5) is 11.3. The molecule has 0 saturated heterocycles. The lowest BCUT2D eigenvalue weighted by Crippen LogP contribution is -2.22. The zero-order valence-electron chi connectivity index (χ0n) is 13.6. The minimum Gasteiger partial charge on any atom is -0.545 e. The number of carboxylic acids is 1. The number of alkyl halides is 3. The summed E-state index contributed by atoms with van der Waals surface area (Å²) in [6.07, 6.45) is -3.64. The molecule has 3 rings (SSSR count). The first-order chi connectivity index (χ1) is 12.8. The summed E-state index contributed by atoms with van der Waals surface area (Å²) in [6.45, 7) is 0.0937. The number of hydrogen-bond donors (Lipinski definition) is 0. The Morgan fingerprint density at radius 1 is 1.07 bits per heavy atom. The van der Waals surface area contributed by atoms with Gasteiger partial charge in [-0.05, 0) is 29.8 Å². The first-order valence-electron chi connectivity index (χ1n) is 7.66. The van der Waals surface area contributed by atoms with Crippen molar-refractivity contribution in [2.45, 2.75) is 13.0 Å². The van der Waals surface area contributed by atoms with Gasteiger partial charge in [0.25, 0.3) is 0 Å². The maximum atomic E-state index is 12.2. The van der Waals surface area contributed by atoms with E-state index < -0.39 is 18.1 Å². The van der Waals surface area contributed by atoms with Crippen LogP contribution in [0, 0.1) is 0 Å². The summed E-state index contributed by atoms with van der Waals surface area (Å²) < 4.78 is 47.0. The maximum Gasteiger partial charge on any atom is 0.573 e. The minimum atomic E-state index is -4.80. The number of halogens is 3. The number of ether oxygens (including phenoxy) is 2. The second kappa shape index (κ2) is 7.40. The molecule has 0 aliphatic carbocycles. The third-order valence-electron chi connectivity index (χ3n) is 3.45. The molecule has 6 nitrogen and oxygen atoms in total. The van der Waals surface area contributed by atoms with Crippen molar-refractivity contribution in [2.75, 3.05) is 0 Å². The smallest absolute Gasteiger partial charge is 0.545 e. The van der Waals surface area contributed by atoms with Gasteiger partial charge in [-0.15, -0.1) is 18.3 Å². The fourth-order valence-electron chi connectivity index (χ4n) is 2.26. The molecule has 1 aromatic heterocycles. The monoisotopic (exact) mass is 377 g/mol. The Kier molecular flexibility index (Phi) is 5.02. The summed E-state index contributed by atoms with van der Waals surface area (Å²) in [7, 11) is 0. The van der Waals surface area contributed by atoms with Crippen LogP contribution in [-0.4, -0.2) is 22.1 Å². The number of hydrogen-bond acceptors (Lipinski definition) is 5. The molecule has 0 bridgehead atoms. The lowest BCUT2D eigenvalue weighted by molar-refractivity contribution is -0.274. The van der Waals surface area contributed by atoms with E-state index in [0.29, 0.717) is 5.69 Å². The Hall–Kier alpha value is -3.49. The Morgan fingerprint density at radius 2 is 1.74 bits per heavy atom. The molecule has 0 fully saturated rings. The highest BCUT2D eigenvalue weighted by molar-refractivity contribution is 5.88. The molecule has 0 amide bonds. The van der Waals surface area contributed by atoms with E-state index in [4.69, 9.17) is 4.74 Å². The zero-order valence-corrected chi connectivity index (χ0v) is 13.6. The molecule has 140 valence electrons. The topological polar surface area (TPSA) is 76.4 Å². The van der Waals surface area contributed by atoms with Gasteiger partial charge in [-0.3, -0.25) is 0 Å². The minimum absolute atomic E-state index is 0.0937. The van der Waals surface area contributed by atoms with Crippen LogP contribution in [0.25, 0.3) is 5.69 Å². The van der Waals surface area contributed by atoms with Crippen LogP contribution in [0.3, 0.4) is 0 Å². The number of rotatable bonds is 6. The number of benzene rings is 2. The number of nitrogens with zero attached hydrogens (tertiary/aromatic N) is 2. The molecule has 9 heteroatoms. The van der Waals surface area contributed by atoms with Crippen molar-refractivity contribution in [1.82, 2.24) is 9.78 Å².